The van der Waals surface area contributed by atoms with Crippen molar-refractivity contribution >= 4 is 46.0 Å². The van der Waals surface area contributed by atoms with E-state index in [2.05, 4.69) is 5.32 Å². The second-order valence-electron chi connectivity index (χ2n) is 7.30. The predicted octanol–water partition coefficient (Wildman–Crippen LogP) is 3.91. The van der Waals surface area contributed by atoms with Gasteiger partial charge in [0.15, 0.2) is 0 Å². The SMILES string of the molecule is Cn1c(C(=O)NC2(c3ccc(CC(=O)O)cc3F)COC2)cc2c(Cl)c(Cl)ccc21. The molecule has 2 aromatic carbocycles. The number of hydrogen-bond acceptors (Lipinski definition) is 3. The van der Waals surface area contributed by atoms with E-state index >= 15 is 0 Å². The predicted molar refractivity (Wildman–Crippen MR) is 111 cm³/mol. The molecule has 1 amide bonds. The Bertz CT molecular complexity index is 1190. The Balaban J connectivity index is 1.67. The van der Waals surface area contributed by atoms with Crippen LogP contribution >= 0.6 is 23.2 Å². The van der Waals surface area contributed by atoms with Gasteiger partial charge in [-0.25, -0.2) is 4.39 Å². The van der Waals surface area contributed by atoms with E-state index in [1.54, 1.807) is 29.8 Å². The monoisotopic (exact) mass is 450 g/mol. The summed E-state index contributed by atoms with van der Waals surface area (Å²) >= 11 is 12.3. The number of ether oxygens (including phenoxy) is 1. The van der Waals surface area contributed by atoms with Crippen LogP contribution in [0.1, 0.15) is 21.6 Å². The lowest BCUT2D eigenvalue weighted by molar-refractivity contribution is -0.136. The molecule has 30 heavy (non-hydrogen) atoms. The summed E-state index contributed by atoms with van der Waals surface area (Å²) < 4.78 is 21.7. The molecule has 1 aliphatic rings. The van der Waals surface area contributed by atoms with Crippen LogP contribution in [0.5, 0.6) is 0 Å². The van der Waals surface area contributed by atoms with Gasteiger partial charge in [0.25, 0.3) is 5.91 Å². The van der Waals surface area contributed by atoms with Gasteiger partial charge < -0.3 is 19.7 Å². The molecule has 2 heterocycles. The van der Waals surface area contributed by atoms with Gasteiger partial charge in [0.2, 0.25) is 0 Å². The number of nitrogens with zero attached hydrogens (tertiary/aromatic N) is 1. The molecule has 6 nitrogen and oxygen atoms in total. The Hall–Kier alpha value is -2.61. The molecule has 0 aliphatic carbocycles. The van der Waals surface area contributed by atoms with E-state index in [-0.39, 0.29) is 25.2 Å². The second kappa shape index (κ2) is 7.58. The fourth-order valence-electron chi connectivity index (χ4n) is 3.68. The Morgan fingerprint density at radius 1 is 1.23 bits per heavy atom. The molecule has 0 radical (unpaired) electrons. The Kier molecular flexibility index (Phi) is 5.22. The van der Waals surface area contributed by atoms with Crippen LogP contribution in [0.4, 0.5) is 4.39 Å². The number of carbonyl (C=O) groups excluding carboxylic acids is 1. The maximum Gasteiger partial charge on any atom is 0.307 e. The minimum absolute atomic E-state index is 0.102. The second-order valence-corrected chi connectivity index (χ2v) is 8.08. The molecular formula is C21H17Cl2FN2O4. The van der Waals surface area contributed by atoms with Crippen molar-refractivity contribution in [3.8, 4) is 0 Å². The Morgan fingerprint density at radius 2 is 1.97 bits per heavy atom. The number of carboxylic acid groups (broad SMARTS) is 1. The Labute approximate surface area is 181 Å². The standard InChI is InChI=1S/C21H17Cl2FN2O4/c1-26-16-5-4-14(22)19(23)12(16)8-17(26)20(29)25-21(9-30-10-21)13-3-2-11(6-15(13)24)7-18(27)28/h2-6,8H,7,9-10H2,1H3,(H,25,29)(H,27,28). The molecule has 1 aromatic heterocycles. The van der Waals surface area contributed by atoms with Crippen LogP contribution in [-0.2, 0) is 28.5 Å². The number of nitrogens with one attached hydrogen (secondary N) is 1. The topological polar surface area (TPSA) is 80.6 Å². The van der Waals surface area contributed by atoms with Gasteiger partial charge >= 0.3 is 5.97 Å². The molecule has 3 aromatic rings. The van der Waals surface area contributed by atoms with Gasteiger partial charge in [-0.2, -0.15) is 0 Å². The minimum atomic E-state index is -1.05. The number of amides is 1. The van der Waals surface area contributed by atoms with Gasteiger partial charge in [0.1, 0.15) is 17.1 Å². The summed E-state index contributed by atoms with van der Waals surface area (Å²) in [6.07, 6.45) is -0.285. The highest BCUT2D eigenvalue weighted by Gasteiger charge is 2.44. The molecule has 1 fully saturated rings. The number of aryl methyl sites for hydroxylation is 1. The third kappa shape index (κ3) is 3.43. The Morgan fingerprint density at radius 3 is 2.57 bits per heavy atom. The van der Waals surface area contributed by atoms with E-state index in [9.17, 15) is 14.0 Å². The molecule has 1 saturated heterocycles. The number of aliphatic carboxylic acids is 1. The molecule has 0 atom stereocenters. The van der Waals surface area contributed by atoms with E-state index in [1.165, 1.54) is 18.2 Å². The van der Waals surface area contributed by atoms with Gasteiger partial charge in [-0.3, -0.25) is 9.59 Å². The molecule has 1 aliphatic heterocycles. The van der Waals surface area contributed by atoms with Crippen molar-refractivity contribution < 1.29 is 23.8 Å². The van der Waals surface area contributed by atoms with E-state index in [4.69, 9.17) is 33.0 Å². The summed E-state index contributed by atoms with van der Waals surface area (Å²) in [6, 6.07) is 9.27. The van der Waals surface area contributed by atoms with Crippen LogP contribution in [0.15, 0.2) is 36.4 Å². The molecule has 0 saturated carbocycles. The van der Waals surface area contributed by atoms with Crippen molar-refractivity contribution in [3.63, 3.8) is 0 Å². The largest absolute Gasteiger partial charge is 0.481 e. The van der Waals surface area contributed by atoms with Gasteiger partial charge in [-0.05, 0) is 29.8 Å². The molecule has 4 rings (SSSR count). The normalized spacial score (nSPS) is 15.1. The van der Waals surface area contributed by atoms with Crippen molar-refractivity contribution in [1.29, 1.82) is 0 Å². The van der Waals surface area contributed by atoms with E-state index < -0.39 is 23.2 Å². The highest BCUT2D eigenvalue weighted by atomic mass is 35.5. The number of rotatable bonds is 5. The van der Waals surface area contributed by atoms with Crippen molar-refractivity contribution in [2.24, 2.45) is 7.05 Å². The summed E-state index contributed by atoms with van der Waals surface area (Å²) in [6.45, 7) is 0.203. The fraction of sp³-hybridized carbons (Fsp3) is 0.238. The number of carboxylic acids is 1. The zero-order chi connectivity index (χ0) is 21.6. The van der Waals surface area contributed by atoms with E-state index in [0.717, 1.165) is 5.52 Å². The summed E-state index contributed by atoms with van der Waals surface area (Å²) in [5.41, 5.74) is 0.614. The van der Waals surface area contributed by atoms with Crippen LogP contribution in [0.3, 0.4) is 0 Å². The molecular weight excluding hydrogens is 434 g/mol. The third-order valence-electron chi connectivity index (χ3n) is 5.30. The van der Waals surface area contributed by atoms with E-state index in [0.29, 0.717) is 26.7 Å². The molecule has 0 spiro atoms. The van der Waals surface area contributed by atoms with Crippen molar-refractivity contribution in [3.05, 3.63) is 69.1 Å². The average molecular weight is 451 g/mol. The molecule has 2 N–H and O–H groups in total. The van der Waals surface area contributed by atoms with Gasteiger partial charge in [-0.15, -0.1) is 0 Å². The number of halogens is 3. The minimum Gasteiger partial charge on any atom is -0.481 e. The lowest BCUT2D eigenvalue weighted by atomic mass is 9.86. The zero-order valence-corrected chi connectivity index (χ0v) is 17.4. The highest BCUT2D eigenvalue weighted by Crippen LogP contribution is 2.35. The smallest absolute Gasteiger partial charge is 0.307 e. The third-order valence-corrected chi connectivity index (χ3v) is 6.12. The molecule has 156 valence electrons. The number of carbonyl (C=O) groups is 2. The van der Waals surface area contributed by atoms with Crippen LogP contribution in [-0.4, -0.2) is 34.8 Å². The van der Waals surface area contributed by atoms with Crippen molar-refractivity contribution in [2.75, 3.05) is 13.2 Å². The summed E-state index contributed by atoms with van der Waals surface area (Å²) in [4.78, 5) is 23.9. The van der Waals surface area contributed by atoms with Gasteiger partial charge in [0.05, 0.1) is 29.7 Å². The number of aromatic nitrogens is 1. The molecule has 9 heteroatoms. The maximum atomic E-state index is 14.8. The van der Waals surface area contributed by atoms with Crippen LogP contribution in [0.25, 0.3) is 10.9 Å². The van der Waals surface area contributed by atoms with Crippen molar-refractivity contribution in [2.45, 2.75) is 12.0 Å². The van der Waals surface area contributed by atoms with Gasteiger partial charge in [0, 0.05) is 23.5 Å². The zero-order valence-electron chi connectivity index (χ0n) is 15.8. The lowest BCUT2D eigenvalue weighted by Crippen LogP contribution is -2.60. The number of fused-ring (bicyclic) bond motifs is 1. The summed E-state index contributed by atoms with van der Waals surface area (Å²) in [7, 11) is 1.73. The quantitative estimate of drug-likeness (QED) is 0.617. The summed E-state index contributed by atoms with van der Waals surface area (Å²) in [5.74, 6) is -2.06. The first-order chi connectivity index (χ1) is 14.2. The van der Waals surface area contributed by atoms with Crippen molar-refractivity contribution in [1.82, 2.24) is 9.88 Å². The first kappa shape index (κ1) is 20.7. The fourth-order valence-corrected chi connectivity index (χ4v) is 4.06. The first-order valence-corrected chi connectivity index (χ1v) is 9.82. The first-order valence-electron chi connectivity index (χ1n) is 9.06. The number of benzene rings is 2. The average Bonchev–Trinajstić information content (AvgIpc) is 2.99. The van der Waals surface area contributed by atoms with Crippen LogP contribution < -0.4 is 5.32 Å². The summed E-state index contributed by atoms with van der Waals surface area (Å²) in [5, 5.41) is 13.1. The van der Waals surface area contributed by atoms with Crippen LogP contribution in [0, 0.1) is 5.82 Å². The molecule has 0 bridgehead atoms. The van der Waals surface area contributed by atoms with E-state index in [1.807, 2.05) is 0 Å². The van der Waals surface area contributed by atoms with Gasteiger partial charge in [-0.1, -0.05) is 35.3 Å². The molecule has 0 unspecified atom stereocenters. The maximum absolute atomic E-state index is 14.8. The highest BCUT2D eigenvalue weighted by molar-refractivity contribution is 6.45. The number of hydrogen-bond donors (Lipinski definition) is 2. The van der Waals surface area contributed by atoms with Crippen LogP contribution in [0.2, 0.25) is 10.0 Å². The lowest BCUT2D eigenvalue weighted by Gasteiger charge is -2.42.